The number of benzene rings is 2. The molecule has 0 aliphatic rings. The predicted octanol–water partition coefficient (Wildman–Crippen LogP) is 4.44. The van der Waals surface area contributed by atoms with Gasteiger partial charge in [0.15, 0.2) is 0 Å². The molecule has 0 spiro atoms. The molecule has 0 saturated carbocycles. The third-order valence-electron chi connectivity index (χ3n) is 3.83. The molecule has 1 heterocycles. The lowest BCUT2D eigenvalue weighted by Crippen LogP contribution is -2.29. The molecule has 0 aliphatic heterocycles. The Kier molecular flexibility index (Phi) is 3.94. The van der Waals surface area contributed by atoms with E-state index in [-0.39, 0.29) is 11.9 Å². The van der Waals surface area contributed by atoms with Gasteiger partial charge in [0.2, 0.25) is 0 Å². The summed E-state index contributed by atoms with van der Waals surface area (Å²) in [5, 5.41) is 0.963. The van der Waals surface area contributed by atoms with Crippen LogP contribution in [0.4, 0.5) is 0 Å². The Labute approximate surface area is 134 Å². The highest BCUT2D eigenvalue weighted by Gasteiger charge is 2.21. The van der Waals surface area contributed by atoms with Gasteiger partial charge in [-0.3, -0.25) is 4.79 Å². The maximum absolute atomic E-state index is 12.6. The van der Waals surface area contributed by atoms with Gasteiger partial charge in [0.05, 0.1) is 16.3 Å². The van der Waals surface area contributed by atoms with Crippen molar-refractivity contribution in [3.63, 3.8) is 0 Å². The lowest BCUT2D eigenvalue weighted by molar-refractivity contribution is 0.0742. The monoisotopic (exact) mass is 310 g/mol. The van der Waals surface area contributed by atoms with Crippen molar-refractivity contribution in [2.75, 3.05) is 7.05 Å². The zero-order chi connectivity index (χ0) is 15.7. The van der Waals surface area contributed by atoms with Gasteiger partial charge in [-0.25, -0.2) is 4.98 Å². The number of hydrogen-bond acceptors (Lipinski definition) is 3. The van der Waals surface area contributed by atoms with Gasteiger partial charge in [0, 0.05) is 12.6 Å². The SMILES string of the molecule is Cc1cccc(C(=O)N(C)C(C)c2nc3ccccc3s2)c1. The summed E-state index contributed by atoms with van der Waals surface area (Å²) in [6.07, 6.45) is 0. The highest BCUT2D eigenvalue weighted by molar-refractivity contribution is 7.18. The van der Waals surface area contributed by atoms with Crippen LogP contribution in [0, 0.1) is 6.92 Å². The van der Waals surface area contributed by atoms with E-state index in [2.05, 4.69) is 11.1 Å². The van der Waals surface area contributed by atoms with E-state index in [1.807, 2.05) is 63.4 Å². The molecular formula is C18H18N2OS. The smallest absolute Gasteiger partial charge is 0.254 e. The number of hydrogen-bond donors (Lipinski definition) is 0. The Balaban J connectivity index is 1.87. The first-order valence-corrected chi connectivity index (χ1v) is 8.07. The van der Waals surface area contributed by atoms with Crippen LogP contribution in [-0.4, -0.2) is 22.8 Å². The van der Waals surface area contributed by atoms with Crippen molar-refractivity contribution >= 4 is 27.5 Å². The van der Waals surface area contributed by atoms with Crippen LogP contribution < -0.4 is 0 Å². The molecule has 1 amide bonds. The summed E-state index contributed by atoms with van der Waals surface area (Å²) >= 11 is 1.64. The van der Waals surface area contributed by atoms with Crippen LogP contribution in [0.3, 0.4) is 0 Å². The van der Waals surface area contributed by atoms with Crippen molar-refractivity contribution in [1.82, 2.24) is 9.88 Å². The number of aryl methyl sites for hydroxylation is 1. The first-order chi connectivity index (χ1) is 10.6. The molecule has 3 nitrogen and oxygen atoms in total. The third kappa shape index (κ3) is 2.74. The fourth-order valence-electron chi connectivity index (χ4n) is 2.39. The lowest BCUT2D eigenvalue weighted by Gasteiger charge is -2.23. The molecule has 1 unspecified atom stereocenters. The van der Waals surface area contributed by atoms with Gasteiger partial charge in [0.1, 0.15) is 5.01 Å². The van der Waals surface area contributed by atoms with Crippen LogP contribution >= 0.6 is 11.3 Å². The van der Waals surface area contributed by atoms with E-state index in [9.17, 15) is 4.79 Å². The molecule has 2 aromatic carbocycles. The molecule has 1 aromatic heterocycles. The number of rotatable bonds is 3. The highest BCUT2D eigenvalue weighted by atomic mass is 32.1. The normalized spacial score (nSPS) is 12.3. The molecular weight excluding hydrogens is 292 g/mol. The predicted molar refractivity (Wildman–Crippen MR) is 91.3 cm³/mol. The van der Waals surface area contributed by atoms with Gasteiger partial charge in [-0.2, -0.15) is 0 Å². The largest absolute Gasteiger partial charge is 0.333 e. The second kappa shape index (κ2) is 5.89. The molecule has 0 fully saturated rings. The zero-order valence-corrected chi connectivity index (χ0v) is 13.7. The molecule has 0 N–H and O–H groups in total. The maximum Gasteiger partial charge on any atom is 0.254 e. The van der Waals surface area contributed by atoms with Crippen LogP contribution in [0.15, 0.2) is 48.5 Å². The van der Waals surface area contributed by atoms with E-state index in [1.165, 1.54) is 0 Å². The number of nitrogens with zero attached hydrogens (tertiary/aromatic N) is 2. The molecule has 0 saturated heterocycles. The standard InChI is InChI=1S/C18H18N2OS/c1-12-7-6-8-14(11-12)18(21)20(3)13(2)17-19-15-9-4-5-10-16(15)22-17/h4-11,13H,1-3H3. The second-order valence-electron chi connectivity index (χ2n) is 5.48. The summed E-state index contributed by atoms with van der Waals surface area (Å²) in [4.78, 5) is 19.0. The molecule has 4 heteroatoms. The average Bonchev–Trinajstić information content (AvgIpc) is 2.96. The first-order valence-electron chi connectivity index (χ1n) is 7.25. The van der Waals surface area contributed by atoms with Crippen molar-refractivity contribution in [1.29, 1.82) is 0 Å². The van der Waals surface area contributed by atoms with Crippen LogP contribution in [0.2, 0.25) is 0 Å². The summed E-state index contributed by atoms with van der Waals surface area (Å²) in [7, 11) is 1.83. The number of carbonyl (C=O) groups is 1. The molecule has 0 aliphatic carbocycles. The molecule has 0 radical (unpaired) electrons. The molecule has 3 rings (SSSR count). The first kappa shape index (κ1) is 14.7. The van der Waals surface area contributed by atoms with Gasteiger partial charge in [-0.05, 0) is 38.1 Å². The fourth-order valence-corrected chi connectivity index (χ4v) is 3.45. The van der Waals surface area contributed by atoms with Gasteiger partial charge in [0.25, 0.3) is 5.91 Å². The van der Waals surface area contributed by atoms with Gasteiger partial charge >= 0.3 is 0 Å². The number of thiazole rings is 1. The van der Waals surface area contributed by atoms with Gasteiger partial charge in [-0.15, -0.1) is 11.3 Å². The van der Waals surface area contributed by atoms with E-state index in [0.717, 1.165) is 26.4 Å². The number of fused-ring (bicyclic) bond motifs is 1. The van der Waals surface area contributed by atoms with Crippen molar-refractivity contribution in [2.24, 2.45) is 0 Å². The summed E-state index contributed by atoms with van der Waals surface area (Å²) in [6, 6.07) is 15.7. The van der Waals surface area contributed by atoms with E-state index >= 15 is 0 Å². The summed E-state index contributed by atoms with van der Waals surface area (Å²) in [5.41, 5.74) is 2.80. The molecule has 112 valence electrons. The highest BCUT2D eigenvalue weighted by Crippen LogP contribution is 2.29. The van der Waals surface area contributed by atoms with Crippen LogP contribution in [0.25, 0.3) is 10.2 Å². The Bertz CT molecular complexity index is 792. The van der Waals surface area contributed by atoms with Gasteiger partial charge in [-0.1, -0.05) is 29.8 Å². The quantitative estimate of drug-likeness (QED) is 0.716. The number of aromatic nitrogens is 1. The van der Waals surface area contributed by atoms with Crippen molar-refractivity contribution < 1.29 is 4.79 Å². The van der Waals surface area contributed by atoms with E-state index in [0.29, 0.717) is 0 Å². The van der Waals surface area contributed by atoms with Crippen molar-refractivity contribution in [2.45, 2.75) is 19.9 Å². The fraction of sp³-hybridized carbons (Fsp3) is 0.222. The third-order valence-corrected chi connectivity index (χ3v) is 5.04. The Morgan fingerprint density at radius 2 is 1.95 bits per heavy atom. The average molecular weight is 310 g/mol. The van der Waals surface area contributed by atoms with Gasteiger partial charge < -0.3 is 4.90 Å². The molecule has 22 heavy (non-hydrogen) atoms. The van der Waals surface area contributed by atoms with Crippen molar-refractivity contribution in [3.05, 3.63) is 64.7 Å². The number of para-hydroxylation sites is 1. The topological polar surface area (TPSA) is 33.2 Å². The minimum Gasteiger partial charge on any atom is -0.333 e. The molecule has 3 aromatic rings. The van der Waals surface area contributed by atoms with E-state index < -0.39 is 0 Å². The summed E-state index contributed by atoms with van der Waals surface area (Å²) < 4.78 is 1.15. The van der Waals surface area contributed by atoms with Crippen LogP contribution in [0.5, 0.6) is 0 Å². The van der Waals surface area contributed by atoms with Crippen LogP contribution in [-0.2, 0) is 0 Å². The van der Waals surface area contributed by atoms with E-state index in [1.54, 1.807) is 16.2 Å². The maximum atomic E-state index is 12.6. The Morgan fingerprint density at radius 3 is 2.68 bits per heavy atom. The Hall–Kier alpha value is -2.20. The van der Waals surface area contributed by atoms with E-state index in [4.69, 9.17) is 0 Å². The van der Waals surface area contributed by atoms with Crippen LogP contribution in [0.1, 0.15) is 33.9 Å². The molecule has 1 atom stereocenters. The molecule has 0 bridgehead atoms. The minimum atomic E-state index is -0.0505. The minimum absolute atomic E-state index is 0.0236. The number of amides is 1. The van der Waals surface area contributed by atoms with Crippen molar-refractivity contribution in [3.8, 4) is 0 Å². The summed E-state index contributed by atoms with van der Waals surface area (Å²) in [5.74, 6) is 0.0236. The second-order valence-corrected chi connectivity index (χ2v) is 6.54. The lowest BCUT2D eigenvalue weighted by atomic mass is 10.1. The zero-order valence-electron chi connectivity index (χ0n) is 12.9. The summed E-state index contributed by atoms with van der Waals surface area (Å²) in [6.45, 7) is 4.01. The Morgan fingerprint density at radius 1 is 1.18 bits per heavy atom. The number of carbonyl (C=O) groups excluding carboxylic acids is 1.